The highest BCUT2D eigenvalue weighted by molar-refractivity contribution is 9.10. The van der Waals surface area contributed by atoms with E-state index in [1.807, 2.05) is 31.2 Å². The number of sulfonamides is 1. The van der Waals surface area contributed by atoms with Crippen molar-refractivity contribution in [1.29, 1.82) is 0 Å². The number of hydrogen-bond acceptors (Lipinski definition) is 3. The van der Waals surface area contributed by atoms with Crippen molar-refractivity contribution in [2.45, 2.75) is 18.2 Å². The van der Waals surface area contributed by atoms with Gasteiger partial charge in [0.2, 0.25) is 10.0 Å². The molecule has 0 unspecified atom stereocenters. The Morgan fingerprint density at radius 2 is 1.69 bits per heavy atom. The van der Waals surface area contributed by atoms with E-state index in [4.69, 9.17) is 0 Å². The van der Waals surface area contributed by atoms with E-state index in [1.54, 1.807) is 29.2 Å². The van der Waals surface area contributed by atoms with Gasteiger partial charge in [-0.25, -0.2) is 8.42 Å². The molecular formula is C19H21BrN2O3S. The highest BCUT2D eigenvalue weighted by atomic mass is 79.9. The van der Waals surface area contributed by atoms with Crippen LogP contribution in [0.4, 0.5) is 0 Å². The van der Waals surface area contributed by atoms with Gasteiger partial charge in [0.25, 0.3) is 5.91 Å². The fourth-order valence-corrected chi connectivity index (χ4v) is 4.80. The number of benzene rings is 2. The van der Waals surface area contributed by atoms with E-state index >= 15 is 0 Å². The molecular weight excluding hydrogens is 416 g/mol. The summed E-state index contributed by atoms with van der Waals surface area (Å²) in [5.41, 5.74) is 1.71. The van der Waals surface area contributed by atoms with E-state index in [1.165, 1.54) is 4.31 Å². The summed E-state index contributed by atoms with van der Waals surface area (Å²) in [7, 11) is -3.52. The molecule has 5 nitrogen and oxygen atoms in total. The minimum absolute atomic E-state index is 0.0735. The number of aryl methyl sites for hydroxylation is 1. The summed E-state index contributed by atoms with van der Waals surface area (Å²) in [6, 6.07) is 14.2. The van der Waals surface area contributed by atoms with Crippen LogP contribution in [0.15, 0.2) is 57.9 Å². The summed E-state index contributed by atoms with van der Waals surface area (Å²) in [5, 5.41) is 0. The largest absolute Gasteiger partial charge is 0.336 e. The van der Waals surface area contributed by atoms with Gasteiger partial charge in [-0.3, -0.25) is 4.79 Å². The first-order chi connectivity index (χ1) is 12.4. The van der Waals surface area contributed by atoms with Gasteiger partial charge in [-0.2, -0.15) is 4.31 Å². The van der Waals surface area contributed by atoms with Gasteiger partial charge < -0.3 is 4.90 Å². The third-order valence-corrected chi connectivity index (χ3v) is 6.97. The van der Waals surface area contributed by atoms with E-state index in [0.29, 0.717) is 36.6 Å². The van der Waals surface area contributed by atoms with Gasteiger partial charge in [-0.1, -0.05) is 41.1 Å². The van der Waals surface area contributed by atoms with E-state index in [-0.39, 0.29) is 5.91 Å². The Balaban J connectivity index is 1.68. The average molecular weight is 437 g/mol. The molecule has 3 rings (SSSR count). The highest BCUT2D eigenvalue weighted by Crippen LogP contribution is 2.20. The summed E-state index contributed by atoms with van der Waals surface area (Å²) < 4.78 is 27.9. The van der Waals surface area contributed by atoms with Crippen LogP contribution in [0.5, 0.6) is 0 Å². The molecule has 1 amide bonds. The highest BCUT2D eigenvalue weighted by Gasteiger charge is 2.30. The molecule has 7 heteroatoms. The van der Waals surface area contributed by atoms with Crippen LogP contribution in [-0.4, -0.2) is 49.7 Å². The molecule has 1 aliphatic rings. The number of carbonyl (C=O) groups is 1. The quantitative estimate of drug-likeness (QED) is 0.739. The van der Waals surface area contributed by atoms with Crippen LogP contribution in [0, 0.1) is 0 Å². The normalized spacial score (nSPS) is 15.8. The summed E-state index contributed by atoms with van der Waals surface area (Å²) in [6.07, 6.45) is 0.872. The minimum atomic E-state index is -3.52. The molecule has 0 radical (unpaired) electrons. The number of piperazine rings is 1. The number of halogens is 1. The molecule has 138 valence electrons. The lowest BCUT2D eigenvalue weighted by Gasteiger charge is -2.34. The van der Waals surface area contributed by atoms with Crippen LogP contribution < -0.4 is 0 Å². The second-order valence-electron chi connectivity index (χ2n) is 6.20. The third-order valence-electron chi connectivity index (χ3n) is 4.57. The van der Waals surface area contributed by atoms with Gasteiger partial charge in [0.1, 0.15) is 0 Å². The monoisotopic (exact) mass is 436 g/mol. The smallest absolute Gasteiger partial charge is 0.253 e. The number of rotatable bonds is 4. The maximum atomic E-state index is 12.8. The molecule has 1 aliphatic heterocycles. The zero-order valence-corrected chi connectivity index (χ0v) is 17.0. The van der Waals surface area contributed by atoms with Gasteiger partial charge in [-0.05, 0) is 42.3 Å². The fraction of sp³-hybridized carbons (Fsp3) is 0.316. The van der Waals surface area contributed by atoms with Crippen LogP contribution in [0.3, 0.4) is 0 Å². The molecule has 26 heavy (non-hydrogen) atoms. The van der Waals surface area contributed by atoms with Crippen molar-refractivity contribution in [3.05, 3.63) is 64.1 Å². The molecule has 0 atom stereocenters. The van der Waals surface area contributed by atoms with Crippen molar-refractivity contribution in [3.63, 3.8) is 0 Å². The first-order valence-electron chi connectivity index (χ1n) is 8.56. The average Bonchev–Trinajstić information content (AvgIpc) is 2.67. The van der Waals surface area contributed by atoms with Crippen LogP contribution in [0.2, 0.25) is 0 Å². The van der Waals surface area contributed by atoms with Crippen molar-refractivity contribution in [3.8, 4) is 0 Å². The molecule has 0 N–H and O–H groups in total. The molecule has 0 aliphatic carbocycles. The second kappa shape index (κ2) is 7.90. The topological polar surface area (TPSA) is 57.7 Å². The van der Waals surface area contributed by atoms with Crippen molar-refractivity contribution in [2.75, 3.05) is 26.2 Å². The van der Waals surface area contributed by atoms with Crippen LogP contribution in [0.1, 0.15) is 22.8 Å². The molecule has 1 saturated heterocycles. The van der Waals surface area contributed by atoms with Gasteiger partial charge >= 0.3 is 0 Å². The zero-order valence-electron chi connectivity index (χ0n) is 14.6. The number of amides is 1. The summed E-state index contributed by atoms with van der Waals surface area (Å²) in [5.74, 6) is -0.0735. The number of nitrogens with zero attached hydrogens (tertiary/aromatic N) is 2. The van der Waals surface area contributed by atoms with Gasteiger partial charge in [0.05, 0.1) is 4.90 Å². The Hall–Kier alpha value is -1.70. The zero-order chi connectivity index (χ0) is 18.7. The lowest BCUT2D eigenvalue weighted by atomic mass is 10.2. The first kappa shape index (κ1) is 19.1. The molecule has 0 spiro atoms. The molecule has 1 fully saturated rings. The Bertz CT molecular complexity index is 889. The summed E-state index contributed by atoms with van der Waals surface area (Å²) in [6.45, 7) is 3.41. The summed E-state index contributed by atoms with van der Waals surface area (Å²) in [4.78, 5) is 14.6. The van der Waals surface area contributed by atoms with Gasteiger partial charge in [0, 0.05) is 36.2 Å². The molecule has 1 heterocycles. The molecule has 0 saturated carbocycles. The number of hydrogen-bond donors (Lipinski definition) is 0. The van der Waals surface area contributed by atoms with E-state index in [9.17, 15) is 13.2 Å². The predicted octanol–water partition coefficient (Wildman–Crippen LogP) is 3.16. The maximum Gasteiger partial charge on any atom is 0.253 e. The Morgan fingerprint density at radius 3 is 2.27 bits per heavy atom. The SMILES string of the molecule is CCc1ccc(S(=O)(=O)N2CCN(C(=O)c3cccc(Br)c3)CC2)cc1. The summed E-state index contributed by atoms with van der Waals surface area (Å²) >= 11 is 3.37. The van der Waals surface area contributed by atoms with Crippen molar-refractivity contribution < 1.29 is 13.2 Å². The molecule has 2 aromatic carbocycles. The first-order valence-corrected chi connectivity index (χ1v) is 10.8. The lowest BCUT2D eigenvalue weighted by Crippen LogP contribution is -2.50. The van der Waals surface area contributed by atoms with Crippen molar-refractivity contribution in [2.24, 2.45) is 0 Å². The van der Waals surface area contributed by atoms with E-state index < -0.39 is 10.0 Å². The molecule has 0 aromatic heterocycles. The molecule has 2 aromatic rings. The lowest BCUT2D eigenvalue weighted by molar-refractivity contribution is 0.0698. The minimum Gasteiger partial charge on any atom is -0.336 e. The second-order valence-corrected chi connectivity index (χ2v) is 9.06. The predicted molar refractivity (Wildman–Crippen MR) is 105 cm³/mol. The van der Waals surface area contributed by atoms with Crippen molar-refractivity contribution >= 4 is 31.9 Å². The Morgan fingerprint density at radius 1 is 1.04 bits per heavy atom. The third kappa shape index (κ3) is 4.00. The van der Waals surface area contributed by atoms with Gasteiger partial charge in [-0.15, -0.1) is 0 Å². The standard InChI is InChI=1S/C19H21BrN2O3S/c1-2-15-6-8-18(9-7-15)26(24,25)22-12-10-21(11-13-22)19(23)16-4-3-5-17(20)14-16/h3-9,14H,2,10-13H2,1H3. The fourth-order valence-electron chi connectivity index (χ4n) is 2.98. The van der Waals surface area contributed by atoms with Crippen LogP contribution in [0.25, 0.3) is 0 Å². The van der Waals surface area contributed by atoms with E-state index in [2.05, 4.69) is 15.9 Å². The van der Waals surface area contributed by atoms with Crippen LogP contribution >= 0.6 is 15.9 Å². The Kier molecular flexibility index (Phi) is 5.79. The molecule has 0 bridgehead atoms. The van der Waals surface area contributed by atoms with Crippen molar-refractivity contribution in [1.82, 2.24) is 9.21 Å². The maximum absolute atomic E-state index is 12.8. The number of carbonyl (C=O) groups excluding carboxylic acids is 1. The van der Waals surface area contributed by atoms with E-state index in [0.717, 1.165) is 16.5 Å². The van der Waals surface area contributed by atoms with Crippen LogP contribution in [-0.2, 0) is 16.4 Å². The Labute approximate surface area is 162 Å². The van der Waals surface area contributed by atoms with Gasteiger partial charge in [0.15, 0.2) is 0 Å².